The largest absolute Gasteiger partial charge is 0.502 e. The van der Waals surface area contributed by atoms with Crippen LogP contribution >= 0.6 is 27.7 Å². The highest BCUT2D eigenvalue weighted by Gasteiger charge is 2.31. The van der Waals surface area contributed by atoms with E-state index in [1.807, 2.05) is 0 Å². The summed E-state index contributed by atoms with van der Waals surface area (Å²) < 4.78 is 70.1. The first kappa shape index (κ1) is 25.4. The molecule has 0 bridgehead atoms. The van der Waals surface area contributed by atoms with Crippen molar-refractivity contribution < 1.29 is 36.8 Å². The lowest BCUT2D eigenvalue weighted by Crippen LogP contribution is -2.13. The summed E-state index contributed by atoms with van der Waals surface area (Å²) in [4.78, 5) is 22.7. The maximum atomic E-state index is 14.3. The number of carbonyl (C=O) groups excluding carboxylic acids is 1. The van der Waals surface area contributed by atoms with Crippen molar-refractivity contribution in [1.29, 1.82) is 0 Å². The van der Waals surface area contributed by atoms with Crippen LogP contribution in [0.2, 0.25) is 0 Å². The van der Waals surface area contributed by atoms with Crippen molar-refractivity contribution in [1.82, 2.24) is 0 Å². The lowest BCUT2D eigenvalue weighted by atomic mass is 10.1. The van der Waals surface area contributed by atoms with E-state index >= 15 is 0 Å². The van der Waals surface area contributed by atoms with Gasteiger partial charge in [-0.05, 0) is 35.4 Å². The molecule has 0 aliphatic heterocycles. The molecule has 0 saturated heterocycles. The van der Waals surface area contributed by atoms with E-state index in [0.29, 0.717) is 5.56 Å². The summed E-state index contributed by atoms with van der Waals surface area (Å²) in [5.41, 5.74) is -1.74. The fourth-order valence-electron chi connectivity index (χ4n) is 2.77. The first-order valence-electron chi connectivity index (χ1n) is 9.13. The zero-order chi connectivity index (χ0) is 25.2. The molecular weight excluding hydrogens is 549 g/mol. The van der Waals surface area contributed by atoms with E-state index in [2.05, 4.69) is 15.9 Å². The summed E-state index contributed by atoms with van der Waals surface area (Å²) in [7, 11) is 0. The Morgan fingerprint density at radius 1 is 0.971 bits per heavy atom. The molecule has 0 amide bonds. The minimum Gasteiger partial charge on any atom is -0.502 e. The standard InChI is InChI=1S/C22H11BrF5NO4S/c23-12-4-1-10(2-5-12)9-34-15(8-11-3-6-14(30)13(7-11)29(32)33)22(31)16-17(24)19(26)21(28)20(27)18(16)25/h1-8,30H,9H2/b15-8+. The number of nitro groups is 1. The molecule has 3 rings (SSSR count). The number of nitro benzene ring substituents is 1. The number of aromatic hydroxyl groups is 1. The molecule has 3 aromatic rings. The number of Topliss-reactive ketones (excluding diaryl/α,β-unsaturated/α-hetero) is 1. The number of rotatable bonds is 7. The highest BCUT2D eigenvalue weighted by Crippen LogP contribution is 2.33. The third-order valence-electron chi connectivity index (χ3n) is 4.46. The van der Waals surface area contributed by atoms with Crippen LogP contribution < -0.4 is 0 Å². The van der Waals surface area contributed by atoms with Crippen LogP contribution in [0.3, 0.4) is 0 Å². The number of benzene rings is 3. The third-order valence-corrected chi connectivity index (χ3v) is 6.08. The SMILES string of the molecule is O=C(/C(=C\c1ccc(O)c([N+](=O)[O-])c1)SCc1ccc(Br)cc1)c1c(F)c(F)c(F)c(F)c1F. The molecule has 5 nitrogen and oxygen atoms in total. The smallest absolute Gasteiger partial charge is 0.311 e. The lowest BCUT2D eigenvalue weighted by molar-refractivity contribution is -0.385. The molecule has 0 heterocycles. The van der Waals surface area contributed by atoms with E-state index in [-0.39, 0.29) is 11.3 Å². The van der Waals surface area contributed by atoms with E-state index in [1.165, 1.54) is 6.07 Å². The molecular formula is C22H11BrF5NO4S. The van der Waals surface area contributed by atoms with Gasteiger partial charge in [0.1, 0.15) is 5.56 Å². The predicted molar refractivity (Wildman–Crippen MR) is 119 cm³/mol. The van der Waals surface area contributed by atoms with Gasteiger partial charge in [-0.3, -0.25) is 14.9 Å². The van der Waals surface area contributed by atoms with Gasteiger partial charge in [0.05, 0.1) is 9.83 Å². The Bertz CT molecular complexity index is 1300. The molecule has 176 valence electrons. The summed E-state index contributed by atoms with van der Waals surface area (Å²) in [5, 5.41) is 20.7. The van der Waals surface area contributed by atoms with Gasteiger partial charge in [0, 0.05) is 16.3 Å². The quantitative estimate of drug-likeness (QED) is 0.0646. The number of thioether (sulfide) groups is 1. The molecule has 0 unspecified atom stereocenters. The van der Waals surface area contributed by atoms with Gasteiger partial charge in [0.15, 0.2) is 29.0 Å². The molecule has 0 fully saturated rings. The second kappa shape index (κ2) is 10.3. The topological polar surface area (TPSA) is 80.4 Å². The van der Waals surface area contributed by atoms with E-state index in [0.717, 1.165) is 34.4 Å². The minimum atomic E-state index is -2.41. The van der Waals surface area contributed by atoms with E-state index in [4.69, 9.17) is 0 Å². The Morgan fingerprint density at radius 2 is 1.53 bits per heavy atom. The van der Waals surface area contributed by atoms with Gasteiger partial charge < -0.3 is 5.11 Å². The molecule has 0 saturated carbocycles. The summed E-state index contributed by atoms with van der Waals surface area (Å²) in [5.74, 6) is -13.7. The van der Waals surface area contributed by atoms with Crippen LogP contribution in [0.5, 0.6) is 5.75 Å². The maximum absolute atomic E-state index is 14.3. The zero-order valence-electron chi connectivity index (χ0n) is 16.6. The van der Waals surface area contributed by atoms with Gasteiger partial charge >= 0.3 is 5.69 Å². The molecule has 12 heteroatoms. The number of carbonyl (C=O) groups is 1. The average molecular weight is 560 g/mol. The predicted octanol–water partition coefficient (Wildman–Crippen LogP) is 6.92. The number of allylic oxidation sites excluding steroid dienone is 1. The Balaban J connectivity index is 2.11. The Kier molecular flexibility index (Phi) is 7.72. The van der Waals surface area contributed by atoms with Crippen LogP contribution in [-0.2, 0) is 5.75 Å². The van der Waals surface area contributed by atoms with Crippen LogP contribution in [0, 0.1) is 39.2 Å². The molecule has 0 spiro atoms. The fourth-order valence-corrected chi connectivity index (χ4v) is 4.00. The Morgan fingerprint density at radius 3 is 2.09 bits per heavy atom. The van der Waals surface area contributed by atoms with Crippen molar-refractivity contribution in [2.75, 3.05) is 0 Å². The summed E-state index contributed by atoms with van der Waals surface area (Å²) in [6.07, 6.45) is 0.996. The summed E-state index contributed by atoms with van der Waals surface area (Å²) in [6.45, 7) is 0. The van der Waals surface area contributed by atoms with Gasteiger partial charge in [0.2, 0.25) is 11.6 Å². The van der Waals surface area contributed by atoms with Crippen LogP contribution in [0.25, 0.3) is 6.08 Å². The van der Waals surface area contributed by atoms with E-state index in [1.54, 1.807) is 24.3 Å². The van der Waals surface area contributed by atoms with E-state index < -0.39 is 61.7 Å². The number of halogens is 6. The number of ketones is 1. The molecule has 0 aliphatic carbocycles. The summed E-state index contributed by atoms with van der Waals surface area (Å²) >= 11 is 3.97. The molecule has 0 aromatic heterocycles. The molecule has 0 radical (unpaired) electrons. The monoisotopic (exact) mass is 559 g/mol. The fraction of sp³-hybridized carbons (Fsp3) is 0.0455. The lowest BCUT2D eigenvalue weighted by Gasteiger charge is -2.11. The van der Waals surface area contributed by atoms with Crippen LogP contribution in [0.4, 0.5) is 27.6 Å². The number of phenols is 1. The zero-order valence-corrected chi connectivity index (χ0v) is 19.0. The molecule has 0 aliphatic rings. The van der Waals surface area contributed by atoms with E-state index in [9.17, 15) is 42.0 Å². The van der Waals surface area contributed by atoms with Gasteiger partial charge in [0.25, 0.3) is 0 Å². The summed E-state index contributed by atoms with van der Waals surface area (Å²) in [6, 6.07) is 9.74. The second-order valence-electron chi connectivity index (χ2n) is 6.70. The van der Waals surface area contributed by atoms with Gasteiger partial charge in [-0.1, -0.05) is 34.1 Å². The van der Waals surface area contributed by atoms with Crippen molar-refractivity contribution in [3.8, 4) is 5.75 Å². The second-order valence-corrected chi connectivity index (χ2v) is 8.64. The van der Waals surface area contributed by atoms with Crippen molar-refractivity contribution >= 4 is 45.2 Å². The van der Waals surface area contributed by atoms with Gasteiger partial charge in [-0.2, -0.15) is 0 Å². The molecule has 1 N–H and O–H groups in total. The number of hydrogen-bond donors (Lipinski definition) is 1. The highest BCUT2D eigenvalue weighted by molar-refractivity contribution is 9.10. The van der Waals surface area contributed by atoms with Crippen LogP contribution in [-0.4, -0.2) is 15.8 Å². The van der Waals surface area contributed by atoms with Gasteiger partial charge in [-0.15, -0.1) is 11.8 Å². The third kappa shape index (κ3) is 5.28. The minimum absolute atomic E-state index is 0.0278. The maximum Gasteiger partial charge on any atom is 0.311 e. The van der Waals surface area contributed by atoms with Crippen molar-refractivity contribution in [3.05, 3.63) is 108 Å². The van der Waals surface area contributed by atoms with Crippen molar-refractivity contribution in [2.45, 2.75) is 5.75 Å². The molecule has 3 aromatic carbocycles. The average Bonchev–Trinajstić information content (AvgIpc) is 2.81. The van der Waals surface area contributed by atoms with Gasteiger partial charge in [-0.25, -0.2) is 22.0 Å². The number of nitrogens with zero attached hydrogens (tertiary/aromatic N) is 1. The van der Waals surface area contributed by atoms with Crippen LogP contribution in [0.15, 0.2) is 51.8 Å². The van der Waals surface area contributed by atoms with Crippen molar-refractivity contribution in [3.63, 3.8) is 0 Å². The number of phenolic OH excluding ortho intramolecular Hbond substituents is 1. The first-order chi connectivity index (χ1) is 16.0. The molecule has 0 atom stereocenters. The van der Waals surface area contributed by atoms with Crippen molar-refractivity contribution in [2.24, 2.45) is 0 Å². The Labute approximate surface area is 201 Å². The number of hydrogen-bond acceptors (Lipinski definition) is 5. The first-order valence-corrected chi connectivity index (χ1v) is 10.9. The molecule has 34 heavy (non-hydrogen) atoms. The Hall–Kier alpha value is -3.25. The normalized spacial score (nSPS) is 11.5. The van der Waals surface area contributed by atoms with Crippen LogP contribution in [0.1, 0.15) is 21.5 Å². The highest BCUT2D eigenvalue weighted by atomic mass is 79.9.